The second-order valence-electron chi connectivity index (χ2n) is 4.10. The maximum atomic E-state index is 13.2. The van der Waals surface area contributed by atoms with Crippen LogP contribution in [0.5, 0.6) is 0 Å². The number of alkyl halides is 3. The first-order valence-corrected chi connectivity index (χ1v) is 5.58. The molecule has 0 aliphatic carbocycles. The molecule has 0 fully saturated rings. The van der Waals surface area contributed by atoms with Crippen molar-refractivity contribution in [1.82, 2.24) is 0 Å². The van der Waals surface area contributed by atoms with Gasteiger partial charge in [-0.3, -0.25) is 0 Å². The van der Waals surface area contributed by atoms with E-state index >= 15 is 0 Å². The zero-order chi connectivity index (χ0) is 14.0. The Balaban J connectivity index is 2.51. The summed E-state index contributed by atoms with van der Waals surface area (Å²) in [6.07, 6.45) is -4.70. The van der Waals surface area contributed by atoms with Gasteiger partial charge in [-0.25, -0.2) is 4.39 Å². The molecule has 2 rings (SSSR count). The van der Waals surface area contributed by atoms with Crippen LogP contribution in [-0.4, -0.2) is 0 Å². The number of benzene rings is 2. The fraction of sp³-hybridized carbons (Fsp3) is 0.143. The zero-order valence-electron chi connectivity index (χ0n) is 9.84. The summed E-state index contributed by atoms with van der Waals surface area (Å²) in [5, 5.41) is 0. The Kier molecular flexibility index (Phi) is 3.57. The third-order valence-electron chi connectivity index (χ3n) is 2.77. The molecule has 0 bridgehead atoms. The van der Waals surface area contributed by atoms with Crippen LogP contribution in [0.4, 0.5) is 17.6 Å². The van der Waals surface area contributed by atoms with Gasteiger partial charge >= 0.3 is 6.18 Å². The first-order chi connectivity index (χ1) is 8.91. The molecule has 0 aromatic heterocycles. The lowest BCUT2D eigenvalue weighted by molar-refractivity contribution is -0.139. The van der Waals surface area contributed by atoms with Crippen molar-refractivity contribution in [3.8, 4) is 11.1 Å². The molecule has 2 aromatic rings. The minimum Gasteiger partial charge on any atom is -0.326 e. The summed E-state index contributed by atoms with van der Waals surface area (Å²) >= 11 is 0. The average Bonchev–Trinajstić information content (AvgIpc) is 2.38. The molecule has 0 heterocycles. The van der Waals surface area contributed by atoms with E-state index in [1.807, 2.05) is 0 Å². The lowest BCUT2D eigenvalue weighted by Gasteiger charge is -2.10. The van der Waals surface area contributed by atoms with Crippen LogP contribution in [0.15, 0.2) is 42.5 Å². The van der Waals surface area contributed by atoms with Gasteiger partial charge in [-0.2, -0.15) is 13.2 Å². The largest absolute Gasteiger partial charge is 0.419 e. The van der Waals surface area contributed by atoms with Crippen molar-refractivity contribution >= 4 is 0 Å². The van der Waals surface area contributed by atoms with E-state index in [9.17, 15) is 17.6 Å². The lowest BCUT2D eigenvalue weighted by Crippen LogP contribution is -2.08. The number of halogens is 4. The van der Waals surface area contributed by atoms with Crippen molar-refractivity contribution < 1.29 is 17.6 Å². The van der Waals surface area contributed by atoms with Crippen molar-refractivity contribution in [3.63, 3.8) is 0 Å². The first kappa shape index (κ1) is 13.5. The highest BCUT2D eigenvalue weighted by Crippen LogP contribution is 2.34. The highest BCUT2D eigenvalue weighted by molar-refractivity contribution is 5.65. The quantitative estimate of drug-likeness (QED) is 0.820. The van der Waals surface area contributed by atoms with E-state index in [-0.39, 0.29) is 0 Å². The molecule has 0 aliphatic heterocycles. The standard InChI is InChI=1S/C14H11F4N/c15-13-5-4-11(7-12(13)14(16,17)18)10-3-1-2-9(6-10)8-19/h1-7H,8,19H2. The Morgan fingerprint density at radius 2 is 1.63 bits per heavy atom. The molecule has 5 heteroatoms. The topological polar surface area (TPSA) is 26.0 Å². The molecule has 0 aliphatic rings. The summed E-state index contributed by atoms with van der Waals surface area (Å²) in [6.45, 7) is 0.293. The summed E-state index contributed by atoms with van der Waals surface area (Å²) in [4.78, 5) is 0. The number of hydrogen-bond donors (Lipinski definition) is 1. The maximum Gasteiger partial charge on any atom is 0.419 e. The summed E-state index contributed by atoms with van der Waals surface area (Å²) in [5.74, 6) is -1.27. The van der Waals surface area contributed by atoms with E-state index < -0.39 is 17.6 Å². The fourth-order valence-corrected chi connectivity index (χ4v) is 1.80. The summed E-state index contributed by atoms with van der Waals surface area (Å²) in [6, 6.07) is 9.78. The zero-order valence-corrected chi connectivity index (χ0v) is 9.84. The van der Waals surface area contributed by atoms with E-state index in [0.29, 0.717) is 17.7 Å². The van der Waals surface area contributed by atoms with Gasteiger partial charge in [0.15, 0.2) is 0 Å². The summed E-state index contributed by atoms with van der Waals surface area (Å²) < 4.78 is 51.1. The highest BCUT2D eigenvalue weighted by Gasteiger charge is 2.34. The molecule has 1 nitrogen and oxygen atoms in total. The predicted octanol–water partition coefficient (Wildman–Crippen LogP) is 3.97. The van der Waals surface area contributed by atoms with Crippen molar-refractivity contribution in [2.45, 2.75) is 12.7 Å². The first-order valence-electron chi connectivity index (χ1n) is 5.58. The molecule has 0 amide bonds. The summed E-state index contributed by atoms with van der Waals surface area (Å²) in [7, 11) is 0. The number of rotatable bonds is 2. The third kappa shape index (κ3) is 2.93. The van der Waals surface area contributed by atoms with Gasteiger partial charge < -0.3 is 5.73 Å². The fourth-order valence-electron chi connectivity index (χ4n) is 1.80. The van der Waals surface area contributed by atoms with Crippen LogP contribution in [0.3, 0.4) is 0 Å². The second kappa shape index (κ2) is 5.01. The third-order valence-corrected chi connectivity index (χ3v) is 2.77. The number of hydrogen-bond acceptors (Lipinski definition) is 1. The van der Waals surface area contributed by atoms with Gasteiger partial charge in [-0.1, -0.05) is 24.3 Å². The van der Waals surface area contributed by atoms with E-state index in [2.05, 4.69) is 0 Å². The lowest BCUT2D eigenvalue weighted by atomic mass is 10.0. The second-order valence-corrected chi connectivity index (χ2v) is 4.10. The Labute approximate surface area is 107 Å². The van der Waals surface area contributed by atoms with E-state index in [1.54, 1.807) is 24.3 Å². The van der Waals surface area contributed by atoms with Crippen LogP contribution in [0.25, 0.3) is 11.1 Å². The van der Waals surface area contributed by atoms with E-state index in [0.717, 1.165) is 17.7 Å². The van der Waals surface area contributed by atoms with Gasteiger partial charge in [0.25, 0.3) is 0 Å². The van der Waals surface area contributed by atoms with Crippen LogP contribution in [-0.2, 0) is 12.7 Å². The van der Waals surface area contributed by atoms with Gasteiger partial charge in [-0.05, 0) is 34.9 Å². The molecule has 0 spiro atoms. The molecule has 0 atom stereocenters. The van der Waals surface area contributed by atoms with Crippen molar-refractivity contribution in [1.29, 1.82) is 0 Å². The van der Waals surface area contributed by atoms with E-state index in [1.165, 1.54) is 6.07 Å². The van der Waals surface area contributed by atoms with Crippen molar-refractivity contribution in [2.24, 2.45) is 5.73 Å². The van der Waals surface area contributed by atoms with Crippen LogP contribution in [0, 0.1) is 5.82 Å². The molecule has 0 saturated carbocycles. The molecule has 100 valence electrons. The Bertz CT molecular complexity index is 590. The molecule has 2 aromatic carbocycles. The van der Waals surface area contributed by atoms with E-state index in [4.69, 9.17) is 5.73 Å². The van der Waals surface area contributed by atoms with Crippen molar-refractivity contribution in [3.05, 3.63) is 59.4 Å². The van der Waals surface area contributed by atoms with Crippen LogP contribution >= 0.6 is 0 Å². The molecule has 19 heavy (non-hydrogen) atoms. The molecular formula is C14H11F4N. The van der Waals surface area contributed by atoms with Gasteiger partial charge in [0, 0.05) is 6.54 Å². The maximum absolute atomic E-state index is 13.2. The minimum absolute atomic E-state index is 0.293. The predicted molar refractivity (Wildman–Crippen MR) is 64.7 cm³/mol. The SMILES string of the molecule is NCc1cccc(-c2ccc(F)c(C(F)(F)F)c2)c1. The highest BCUT2D eigenvalue weighted by atomic mass is 19.4. The Morgan fingerprint density at radius 1 is 0.947 bits per heavy atom. The Morgan fingerprint density at radius 3 is 2.26 bits per heavy atom. The number of nitrogens with two attached hydrogens (primary N) is 1. The van der Waals surface area contributed by atoms with Crippen LogP contribution in [0.2, 0.25) is 0 Å². The van der Waals surface area contributed by atoms with Gasteiger partial charge in [0.1, 0.15) is 5.82 Å². The normalized spacial score (nSPS) is 11.6. The summed E-state index contributed by atoms with van der Waals surface area (Å²) in [5.41, 5.74) is 5.91. The smallest absolute Gasteiger partial charge is 0.326 e. The van der Waals surface area contributed by atoms with Gasteiger partial charge in [0.05, 0.1) is 5.56 Å². The molecular weight excluding hydrogens is 258 g/mol. The molecule has 0 radical (unpaired) electrons. The van der Waals surface area contributed by atoms with Gasteiger partial charge in [-0.15, -0.1) is 0 Å². The Hall–Kier alpha value is -1.88. The minimum atomic E-state index is -4.70. The van der Waals surface area contributed by atoms with Gasteiger partial charge in [0.2, 0.25) is 0 Å². The molecule has 0 unspecified atom stereocenters. The molecule has 2 N–H and O–H groups in total. The molecule has 0 saturated heterocycles. The van der Waals surface area contributed by atoms with Crippen LogP contribution < -0.4 is 5.73 Å². The monoisotopic (exact) mass is 269 g/mol. The van der Waals surface area contributed by atoms with Crippen LogP contribution in [0.1, 0.15) is 11.1 Å². The van der Waals surface area contributed by atoms with Crippen molar-refractivity contribution in [2.75, 3.05) is 0 Å². The average molecular weight is 269 g/mol.